The average Bonchev–Trinajstić information content (AvgIpc) is 2.18. The Morgan fingerprint density at radius 2 is 1.79 bits per heavy atom. The summed E-state index contributed by atoms with van der Waals surface area (Å²) in [7, 11) is -0.632. The molecule has 0 aliphatic rings. The van der Waals surface area contributed by atoms with Crippen molar-refractivity contribution in [2.75, 3.05) is 7.05 Å². The smallest absolute Gasteiger partial charge is 0.0530 e. The fourth-order valence-corrected chi connectivity index (χ4v) is 2.00. The molecule has 1 aromatic rings. The van der Waals surface area contributed by atoms with E-state index in [2.05, 4.69) is 24.4 Å². The maximum Gasteiger partial charge on any atom is 0.0530 e. The molecular weight excluding hydrogens is 194 g/mol. The van der Waals surface area contributed by atoms with Crippen molar-refractivity contribution in [2.45, 2.75) is 24.7 Å². The fourth-order valence-electron chi connectivity index (χ4n) is 1.19. The van der Waals surface area contributed by atoms with Crippen molar-refractivity contribution in [1.82, 2.24) is 4.72 Å². The molecule has 0 fully saturated rings. The van der Waals surface area contributed by atoms with E-state index in [1.165, 1.54) is 5.56 Å². The van der Waals surface area contributed by atoms with Crippen LogP contribution in [0.15, 0.2) is 29.2 Å². The molecule has 1 N–H and O–H groups in total. The van der Waals surface area contributed by atoms with Crippen LogP contribution in [-0.2, 0) is 9.71 Å². The summed E-state index contributed by atoms with van der Waals surface area (Å²) in [6.07, 6.45) is 0. The van der Waals surface area contributed by atoms with E-state index in [4.69, 9.17) is 0 Å². The molecule has 0 saturated carbocycles. The largest absolute Gasteiger partial charge is 0.248 e. The molecule has 0 aliphatic heterocycles. The van der Waals surface area contributed by atoms with E-state index in [0.29, 0.717) is 5.92 Å². The van der Waals surface area contributed by atoms with Gasteiger partial charge in [-0.2, -0.15) is 0 Å². The van der Waals surface area contributed by atoms with Crippen LogP contribution < -0.4 is 4.72 Å². The maximum absolute atomic E-state index is 11.8. The lowest BCUT2D eigenvalue weighted by molar-refractivity contribution is 0.675. The Morgan fingerprint density at radius 3 is 2.14 bits per heavy atom. The van der Waals surface area contributed by atoms with Crippen LogP contribution in [0.1, 0.15) is 25.3 Å². The van der Waals surface area contributed by atoms with Gasteiger partial charge >= 0.3 is 0 Å². The lowest BCUT2D eigenvalue weighted by Crippen LogP contribution is -2.18. The van der Waals surface area contributed by atoms with Crippen LogP contribution in [0, 0.1) is 0 Å². The standard InChI is InChI=1S/C11H17NOS/c1-9(2)10-5-7-11(8-6-10)14(4,13)12-3/h5-9H,4H2,1-3H3,(H,12,13). The first-order valence-corrected chi connectivity index (χ1v) is 6.36. The lowest BCUT2D eigenvalue weighted by atomic mass is 10.0. The third kappa shape index (κ3) is 2.36. The molecule has 1 atom stereocenters. The third-order valence-corrected chi connectivity index (χ3v) is 3.95. The first-order valence-electron chi connectivity index (χ1n) is 4.63. The van der Waals surface area contributed by atoms with E-state index < -0.39 is 9.71 Å². The summed E-state index contributed by atoms with van der Waals surface area (Å²) in [6.45, 7) is 4.27. The number of benzene rings is 1. The van der Waals surface area contributed by atoms with Crippen LogP contribution in [-0.4, -0.2) is 17.1 Å². The number of nitrogens with one attached hydrogen (secondary N) is 1. The van der Waals surface area contributed by atoms with Gasteiger partial charge in [0.15, 0.2) is 0 Å². The maximum atomic E-state index is 11.8. The van der Waals surface area contributed by atoms with Gasteiger partial charge in [0.05, 0.1) is 9.71 Å². The quantitative estimate of drug-likeness (QED) is 0.761. The van der Waals surface area contributed by atoms with Gasteiger partial charge in [0.25, 0.3) is 0 Å². The molecule has 1 aromatic carbocycles. The molecule has 78 valence electrons. The summed E-state index contributed by atoms with van der Waals surface area (Å²) in [5.74, 6) is 4.15. The monoisotopic (exact) mass is 211 g/mol. The first kappa shape index (κ1) is 11.3. The van der Waals surface area contributed by atoms with Gasteiger partial charge in [0, 0.05) is 4.90 Å². The summed E-state index contributed by atoms with van der Waals surface area (Å²) < 4.78 is 14.5. The Kier molecular flexibility index (Phi) is 3.34. The van der Waals surface area contributed by atoms with Crippen molar-refractivity contribution in [3.8, 4) is 0 Å². The van der Waals surface area contributed by atoms with E-state index in [0.717, 1.165) is 4.90 Å². The zero-order chi connectivity index (χ0) is 10.8. The summed E-state index contributed by atoms with van der Waals surface area (Å²) >= 11 is 0. The normalized spacial score (nSPS) is 15.4. The van der Waals surface area contributed by atoms with Crippen molar-refractivity contribution >= 4 is 15.6 Å². The molecule has 14 heavy (non-hydrogen) atoms. The fraction of sp³-hybridized carbons (Fsp3) is 0.364. The molecule has 0 radical (unpaired) electrons. The number of hydrogen-bond acceptors (Lipinski definition) is 1. The van der Waals surface area contributed by atoms with E-state index in [-0.39, 0.29) is 0 Å². The summed E-state index contributed by atoms with van der Waals surface area (Å²) in [4.78, 5) is 0.754. The van der Waals surface area contributed by atoms with Crippen molar-refractivity contribution in [1.29, 1.82) is 0 Å². The molecule has 0 aromatic heterocycles. The van der Waals surface area contributed by atoms with Crippen molar-refractivity contribution in [3.63, 3.8) is 0 Å². The second-order valence-corrected chi connectivity index (χ2v) is 5.83. The van der Waals surface area contributed by atoms with Crippen LogP contribution in [0.25, 0.3) is 0 Å². The topological polar surface area (TPSA) is 29.1 Å². The third-order valence-electron chi connectivity index (χ3n) is 2.26. The molecule has 2 nitrogen and oxygen atoms in total. The molecule has 0 aliphatic carbocycles. The second-order valence-electron chi connectivity index (χ2n) is 3.60. The minimum absolute atomic E-state index is 0.500. The minimum atomic E-state index is -2.29. The van der Waals surface area contributed by atoms with Gasteiger partial charge in [0.1, 0.15) is 0 Å². The Bertz CT molecular complexity index is 390. The van der Waals surface area contributed by atoms with Crippen molar-refractivity contribution in [2.24, 2.45) is 0 Å². The highest BCUT2D eigenvalue weighted by molar-refractivity contribution is 7.98. The summed E-state index contributed by atoms with van der Waals surface area (Å²) in [5.41, 5.74) is 1.25. The highest BCUT2D eigenvalue weighted by Gasteiger charge is 2.05. The average molecular weight is 211 g/mol. The molecule has 1 unspecified atom stereocenters. The van der Waals surface area contributed by atoms with E-state index in [1.807, 2.05) is 24.3 Å². The van der Waals surface area contributed by atoms with Crippen molar-refractivity contribution < 1.29 is 4.21 Å². The Hall–Kier alpha value is -0.800. The van der Waals surface area contributed by atoms with Crippen LogP contribution >= 0.6 is 0 Å². The summed E-state index contributed by atoms with van der Waals surface area (Å²) in [5, 5.41) is 0. The van der Waals surface area contributed by atoms with Crippen molar-refractivity contribution in [3.05, 3.63) is 29.8 Å². The predicted octanol–water partition coefficient (Wildman–Crippen LogP) is 2.02. The zero-order valence-corrected chi connectivity index (χ0v) is 9.73. The molecule has 1 rings (SSSR count). The highest BCUT2D eigenvalue weighted by atomic mass is 32.2. The molecular formula is C11H17NOS. The lowest BCUT2D eigenvalue weighted by Gasteiger charge is -2.10. The van der Waals surface area contributed by atoms with E-state index in [9.17, 15) is 4.21 Å². The van der Waals surface area contributed by atoms with Gasteiger partial charge < -0.3 is 0 Å². The van der Waals surface area contributed by atoms with Crippen LogP contribution in [0.3, 0.4) is 0 Å². The SMILES string of the molecule is C=S(=O)(NC)c1ccc(C(C)C)cc1. The van der Waals surface area contributed by atoms with Gasteiger partial charge in [-0.05, 0) is 36.5 Å². The minimum Gasteiger partial charge on any atom is -0.248 e. The van der Waals surface area contributed by atoms with Gasteiger partial charge in [-0.15, -0.1) is 0 Å². The van der Waals surface area contributed by atoms with Gasteiger partial charge in [-0.3, -0.25) is 0 Å². The Morgan fingerprint density at radius 1 is 1.29 bits per heavy atom. The zero-order valence-electron chi connectivity index (χ0n) is 8.91. The first-order chi connectivity index (χ1) is 6.47. The molecule has 0 bridgehead atoms. The number of hydrogen-bond donors (Lipinski definition) is 1. The molecule has 0 amide bonds. The molecule has 3 heteroatoms. The highest BCUT2D eigenvalue weighted by Crippen LogP contribution is 2.16. The Balaban J connectivity index is 3.06. The summed E-state index contributed by atoms with van der Waals surface area (Å²) in [6, 6.07) is 7.76. The molecule has 0 saturated heterocycles. The van der Waals surface area contributed by atoms with Gasteiger partial charge in [0.2, 0.25) is 0 Å². The second kappa shape index (κ2) is 4.15. The van der Waals surface area contributed by atoms with Gasteiger partial charge in [-0.25, -0.2) is 8.93 Å². The van der Waals surface area contributed by atoms with Crippen LogP contribution in [0.4, 0.5) is 0 Å². The predicted molar refractivity (Wildman–Crippen MR) is 63.1 cm³/mol. The molecule has 0 spiro atoms. The van der Waals surface area contributed by atoms with E-state index in [1.54, 1.807) is 7.05 Å². The number of rotatable bonds is 3. The molecule has 0 heterocycles. The van der Waals surface area contributed by atoms with E-state index >= 15 is 0 Å². The Labute approximate surface area is 86.5 Å². The van der Waals surface area contributed by atoms with Gasteiger partial charge in [-0.1, -0.05) is 26.0 Å². The van der Waals surface area contributed by atoms with Crippen LogP contribution in [0.2, 0.25) is 0 Å². The van der Waals surface area contributed by atoms with Crippen LogP contribution in [0.5, 0.6) is 0 Å².